The number of aliphatic imine (C=N–C) groups is 1. The first-order chi connectivity index (χ1) is 9.60. The molecule has 1 unspecified atom stereocenters. The molecule has 120 valence electrons. The van der Waals surface area contributed by atoms with E-state index in [1.807, 2.05) is 36.7 Å². The molecule has 4 nitrogen and oxygen atoms in total. The number of guanidine groups is 1. The summed E-state index contributed by atoms with van der Waals surface area (Å²) >= 11 is 1.58. The number of thiophene rings is 1. The maximum atomic E-state index is 10.4. The van der Waals surface area contributed by atoms with Gasteiger partial charge in [0.05, 0.1) is 6.54 Å². The molecule has 1 heterocycles. The molecular formula is C15H26IN3OS. The highest BCUT2D eigenvalue weighted by Gasteiger charge is 2.23. The van der Waals surface area contributed by atoms with Crippen LogP contribution >= 0.6 is 35.3 Å². The fourth-order valence-corrected chi connectivity index (χ4v) is 2.46. The van der Waals surface area contributed by atoms with Gasteiger partial charge in [0.25, 0.3) is 0 Å². The molecule has 1 rings (SSSR count). The predicted octanol–water partition coefficient (Wildman–Crippen LogP) is 3.09. The average Bonchev–Trinajstić information content (AvgIpc) is 2.95. The molecule has 3 N–H and O–H groups in total. The Morgan fingerprint density at radius 3 is 2.81 bits per heavy atom. The number of halogens is 1. The van der Waals surface area contributed by atoms with E-state index in [1.165, 1.54) is 0 Å². The van der Waals surface area contributed by atoms with Crippen molar-refractivity contribution in [2.45, 2.75) is 32.8 Å². The number of rotatable bonds is 7. The number of nitrogens with zero attached hydrogens (tertiary/aromatic N) is 1. The second-order valence-corrected chi connectivity index (χ2v) is 5.55. The maximum Gasteiger partial charge on any atom is 0.191 e. The highest BCUT2D eigenvalue weighted by molar-refractivity contribution is 14.0. The molecule has 0 fully saturated rings. The van der Waals surface area contributed by atoms with Crippen LogP contribution in [0.4, 0.5) is 0 Å². The number of hydrogen-bond donors (Lipinski definition) is 3. The van der Waals surface area contributed by atoms with Gasteiger partial charge in [-0.3, -0.25) is 0 Å². The third-order valence-corrected chi connectivity index (χ3v) is 3.55. The third kappa shape index (κ3) is 7.82. The number of allylic oxidation sites excluding steroid dienone is 1. The van der Waals surface area contributed by atoms with Crippen LogP contribution in [0, 0.1) is 0 Å². The van der Waals surface area contributed by atoms with E-state index in [-0.39, 0.29) is 24.0 Å². The Balaban J connectivity index is 0.00000400. The molecule has 0 saturated carbocycles. The molecule has 0 aromatic carbocycles. The van der Waals surface area contributed by atoms with Gasteiger partial charge in [0, 0.05) is 13.1 Å². The Morgan fingerprint density at radius 1 is 1.48 bits per heavy atom. The molecule has 0 amide bonds. The summed E-state index contributed by atoms with van der Waals surface area (Å²) in [5, 5.41) is 20.8. The van der Waals surface area contributed by atoms with Crippen molar-refractivity contribution in [2.75, 3.05) is 19.6 Å². The first kappa shape index (κ1) is 20.4. The van der Waals surface area contributed by atoms with Gasteiger partial charge in [0.1, 0.15) is 5.60 Å². The molecule has 1 aromatic rings. The Hall–Kier alpha value is -0.600. The van der Waals surface area contributed by atoms with Gasteiger partial charge in [0.2, 0.25) is 0 Å². The Kier molecular flexibility index (Phi) is 10.7. The largest absolute Gasteiger partial charge is 0.383 e. The normalized spacial score (nSPS) is 14.6. The van der Waals surface area contributed by atoms with Crippen LogP contribution in [0.5, 0.6) is 0 Å². The van der Waals surface area contributed by atoms with E-state index in [9.17, 15) is 5.11 Å². The minimum Gasteiger partial charge on any atom is -0.383 e. The van der Waals surface area contributed by atoms with Crippen molar-refractivity contribution in [1.82, 2.24) is 10.6 Å². The van der Waals surface area contributed by atoms with Gasteiger partial charge in [-0.1, -0.05) is 12.2 Å². The van der Waals surface area contributed by atoms with Crippen LogP contribution in [-0.4, -0.2) is 30.7 Å². The number of hydrogen-bond acceptors (Lipinski definition) is 3. The Bertz CT molecular complexity index is 430. The van der Waals surface area contributed by atoms with Gasteiger partial charge < -0.3 is 15.7 Å². The molecule has 0 saturated heterocycles. The summed E-state index contributed by atoms with van der Waals surface area (Å²) in [6, 6.07) is 1.94. The lowest BCUT2D eigenvalue weighted by Crippen LogP contribution is -2.39. The molecule has 6 heteroatoms. The quantitative estimate of drug-likeness (QED) is 0.208. The van der Waals surface area contributed by atoms with E-state index in [2.05, 4.69) is 21.7 Å². The lowest BCUT2D eigenvalue weighted by Gasteiger charge is -2.21. The van der Waals surface area contributed by atoms with Crippen molar-refractivity contribution in [1.29, 1.82) is 0 Å². The van der Waals surface area contributed by atoms with Crippen LogP contribution in [0.1, 0.15) is 32.8 Å². The van der Waals surface area contributed by atoms with E-state index in [0.29, 0.717) is 6.54 Å². The molecule has 1 atom stereocenters. The van der Waals surface area contributed by atoms with Crippen molar-refractivity contribution in [3.63, 3.8) is 0 Å². The molecular weight excluding hydrogens is 397 g/mol. The van der Waals surface area contributed by atoms with E-state index in [4.69, 9.17) is 0 Å². The minimum atomic E-state index is -0.925. The minimum absolute atomic E-state index is 0. The summed E-state index contributed by atoms with van der Waals surface area (Å²) in [5.41, 5.74) is -0.0120. The van der Waals surface area contributed by atoms with Crippen molar-refractivity contribution in [3.8, 4) is 0 Å². The predicted molar refractivity (Wildman–Crippen MR) is 103 cm³/mol. The molecule has 0 bridgehead atoms. The van der Waals surface area contributed by atoms with Crippen LogP contribution in [0.2, 0.25) is 0 Å². The Labute approximate surface area is 148 Å². The molecule has 1 aromatic heterocycles. The number of aliphatic hydroxyl groups is 1. The van der Waals surface area contributed by atoms with Crippen molar-refractivity contribution in [3.05, 3.63) is 34.5 Å². The topological polar surface area (TPSA) is 56.7 Å². The van der Waals surface area contributed by atoms with Gasteiger partial charge in [-0.25, -0.2) is 4.99 Å². The van der Waals surface area contributed by atoms with Gasteiger partial charge in [-0.15, -0.1) is 24.0 Å². The molecule has 0 spiro atoms. The second kappa shape index (κ2) is 11.0. The SMILES string of the molecule is C/C=C/CCNC(=NCC(C)(O)c1ccsc1)NCC.I. The van der Waals surface area contributed by atoms with Gasteiger partial charge in [0.15, 0.2) is 5.96 Å². The zero-order valence-electron chi connectivity index (χ0n) is 12.9. The zero-order chi connectivity index (χ0) is 14.8. The summed E-state index contributed by atoms with van der Waals surface area (Å²) < 4.78 is 0. The highest BCUT2D eigenvalue weighted by Crippen LogP contribution is 2.23. The standard InChI is InChI=1S/C15H25N3OS.HI/c1-4-6-7-9-17-14(16-5-2)18-12-15(3,19)13-8-10-20-11-13;/h4,6,8,10-11,19H,5,7,9,12H2,1-3H3,(H2,16,17,18);1H/b6-4+;. The fraction of sp³-hybridized carbons (Fsp3) is 0.533. The molecule has 0 aliphatic rings. The van der Waals surface area contributed by atoms with Crippen molar-refractivity contribution in [2.24, 2.45) is 4.99 Å². The van der Waals surface area contributed by atoms with Gasteiger partial charge >= 0.3 is 0 Å². The van der Waals surface area contributed by atoms with Crippen LogP contribution in [0.15, 0.2) is 34.0 Å². The zero-order valence-corrected chi connectivity index (χ0v) is 16.1. The molecule has 0 radical (unpaired) electrons. The van der Waals surface area contributed by atoms with Crippen LogP contribution < -0.4 is 10.6 Å². The lowest BCUT2D eigenvalue weighted by molar-refractivity contribution is 0.0677. The van der Waals surface area contributed by atoms with Crippen LogP contribution in [0.3, 0.4) is 0 Å². The molecule has 21 heavy (non-hydrogen) atoms. The van der Waals surface area contributed by atoms with E-state index >= 15 is 0 Å². The monoisotopic (exact) mass is 423 g/mol. The van der Waals surface area contributed by atoms with Crippen LogP contribution in [0.25, 0.3) is 0 Å². The first-order valence-corrected chi connectivity index (χ1v) is 7.93. The maximum absolute atomic E-state index is 10.4. The fourth-order valence-electron chi connectivity index (χ4n) is 1.68. The summed E-state index contributed by atoms with van der Waals surface area (Å²) in [7, 11) is 0. The second-order valence-electron chi connectivity index (χ2n) is 4.77. The van der Waals surface area contributed by atoms with E-state index < -0.39 is 5.60 Å². The summed E-state index contributed by atoms with van der Waals surface area (Å²) in [4.78, 5) is 4.46. The summed E-state index contributed by atoms with van der Waals surface area (Å²) in [6.45, 7) is 7.80. The third-order valence-electron chi connectivity index (χ3n) is 2.87. The van der Waals surface area contributed by atoms with Gasteiger partial charge in [-0.2, -0.15) is 11.3 Å². The first-order valence-electron chi connectivity index (χ1n) is 6.98. The smallest absolute Gasteiger partial charge is 0.191 e. The summed E-state index contributed by atoms with van der Waals surface area (Å²) in [6.07, 6.45) is 5.10. The van der Waals surface area contributed by atoms with Crippen molar-refractivity contribution >= 4 is 41.3 Å². The summed E-state index contributed by atoms with van der Waals surface area (Å²) in [5.74, 6) is 0.743. The average molecular weight is 423 g/mol. The number of nitrogens with one attached hydrogen (secondary N) is 2. The highest BCUT2D eigenvalue weighted by atomic mass is 127. The van der Waals surface area contributed by atoms with E-state index in [0.717, 1.165) is 31.0 Å². The van der Waals surface area contributed by atoms with Crippen LogP contribution in [-0.2, 0) is 5.60 Å². The lowest BCUT2D eigenvalue weighted by atomic mass is 10.00. The van der Waals surface area contributed by atoms with Crippen molar-refractivity contribution < 1.29 is 5.11 Å². The molecule has 0 aliphatic carbocycles. The Morgan fingerprint density at radius 2 is 2.24 bits per heavy atom. The molecule has 0 aliphatic heterocycles. The van der Waals surface area contributed by atoms with E-state index in [1.54, 1.807) is 18.3 Å². The van der Waals surface area contributed by atoms with Gasteiger partial charge in [-0.05, 0) is 49.6 Å².